The third-order valence-electron chi connectivity index (χ3n) is 6.95. The van der Waals surface area contributed by atoms with Crippen molar-refractivity contribution in [3.8, 4) is 17.5 Å². The molecule has 0 saturated heterocycles. The quantitative estimate of drug-likeness (QED) is 0.107. The number of carbonyl (C=O) groups excluding carboxylic acids is 1. The minimum absolute atomic E-state index is 0.0598. The fourth-order valence-corrected chi connectivity index (χ4v) is 4.55. The van der Waals surface area contributed by atoms with E-state index < -0.39 is 36.7 Å². The highest BCUT2D eigenvalue weighted by Gasteiger charge is 2.29. The summed E-state index contributed by atoms with van der Waals surface area (Å²) >= 11 is 0. The molecule has 3 aromatic rings. The SMILES string of the molecule is NC(N)=NCCCC(NC(=O)c1ccc2cc1OCCCCCCOc1ccc(cc1)CNc1nc(nc(OCC(F)(F)F)n1)N2)C(=O)O. The van der Waals surface area contributed by atoms with Crippen molar-refractivity contribution >= 4 is 35.4 Å². The molecule has 0 aliphatic carbocycles. The average Bonchev–Trinajstić information content (AvgIpc) is 3.05. The molecule has 8 N–H and O–H groups in total. The monoisotopic (exact) mass is 689 g/mol. The van der Waals surface area contributed by atoms with Crippen LogP contribution < -0.4 is 41.6 Å². The van der Waals surface area contributed by atoms with Crippen LogP contribution >= 0.6 is 0 Å². The topological polar surface area (TPSA) is 221 Å². The third kappa shape index (κ3) is 12.5. The standard InChI is InChI=1S/C31H38F3N9O6/c32-31(33,34)18-49-30-42-28-38-17-19-7-10-21(11-8-19)47-14-3-1-2-4-15-48-24-16-20(39-29(41-28)43-30)9-12-22(24)25(44)40-23(26(45)46)6-5-13-37-27(35)36/h7-12,16,23H,1-6,13-15,17-18H2,(H,40,44)(H,45,46)(H4,35,36,37)(H2,38,39,41,42,43). The van der Waals surface area contributed by atoms with Crippen molar-refractivity contribution in [1.82, 2.24) is 20.3 Å². The van der Waals surface area contributed by atoms with Gasteiger partial charge in [0, 0.05) is 24.8 Å². The number of amides is 1. The van der Waals surface area contributed by atoms with Crippen LogP contribution in [0.2, 0.25) is 0 Å². The highest BCUT2D eigenvalue weighted by molar-refractivity contribution is 5.99. The number of anilines is 3. The van der Waals surface area contributed by atoms with E-state index >= 15 is 0 Å². The molecule has 18 heteroatoms. The largest absolute Gasteiger partial charge is 0.494 e. The first-order chi connectivity index (χ1) is 23.4. The molecule has 15 nitrogen and oxygen atoms in total. The van der Waals surface area contributed by atoms with Gasteiger partial charge in [0.25, 0.3) is 5.91 Å². The minimum atomic E-state index is -4.63. The molecular formula is C31H38F3N9O6. The van der Waals surface area contributed by atoms with Crippen LogP contribution in [0.1, 0.15) is 54.4 Å². The maximum absolute atomic E-state index is 13.3. The van der Waals surface area contributed by atoms with E-state index in [1.54, 1.807) is 0 Å². The number of nitrogens with zero attached hydrogens (tertiary/aromatic N) is 4. The zero-order valence-electron chi connectivity index (χ0n) is 26.5. The number of halogens is 3. The van der Waals surface area contributed by atoms with Crippen LogP contribution in [0.15, 0.2) is 47.5 Å². The molecule has 264 valence electrons. The van der Waals surface area contributed by atoms with Gasteiger partial charge in [-0.2, -0.15) is 28.1 Å². The van der Waals surface area contributed by atoms with Gasteiger partial charge in [0.05, 0.1) is 18.8 Å². The summed E-state index contributed by atoms with van der Waals surface area (Å²) in [5.74, 6) is -1.46. The first-order valence-electron chi connectivity index (χ1n) is 15.5. The maximum Gasteiger partial charge on any atom is 0.422 e. The van der Waals surface area contributed by atoms with Crippen LogP contribution in [0.3, 0.4) is 0 Å². The van der Waals surface area contributed by atoms with Crippen LogP contribution in [0.4, 0.5) is 30.8 Å². The molecule has 0 saturated carbocycles. The van der Waals surface area contributed by atoms with Crippen LogP contribution in [0, 0.1) is 0 Å². The lowest BCUT2D eigenvalue weighted by atomic mass is 10.1. The fraction of sp³-hybridized carbons (Fsp3) is 0.419. The van der Waals surface area contributed by atoms with Crippen molar-refractivity contribution in [2.75, 3.05) is 37.0 Å². The number of guanidine groups is 1. The Morgan fingerprint density at radius 3 is 2.41 bits per heavy atom. The molecule has 0 radical (unpaired) electrons. The Bertz CT molecular complexity index is 1590. The average molecular weight is 690 g/mol. The lowest BCUT2D eigenvalue weighted by Crippen LogP contribution is -2.41. The van der Waals surface area contributed by atoms with Gasteiger partial charge in [-0.05, 0) is 68.4 Å². The van der Waals surface area contributed by atoms with Crippen molar-refractivity contribution in [3.05, 3.63) is 53.6 Å². The lowest BCUT2D eigenvalue weighted by Gasteiger charge is -2.17. The summed E-state index contributed by atoms with van der Waals surface area (Å²) in [6.45, 7) is -0.447. The lowest BCUT2D eigenvalue weighted by molar-refractivity contribution is -0.154. The Morgan fingerprint density at radius 1 is 1.00 bits per heavy atom. The van der Waals surface area contributed by atoms with Crippen molar-refractivity contribution < 1.29 is 42.1 Å². The maximum atomic E-state index is 13.3. The molecule has 0 spiro atoms. The van der Waals surface area contributed by atoms with Gasteiger partial charge < -0.3 is 46.7 Å². The zero-order chi connectivity index (χ0) is 35.2. The zero-order valence-corrected chi connectivity index (χ0v) is 26.5. The minimum Gasteiger partial charge on any atom is -0.494 e. The fourth-order valence-electron chi connectivity index (χ4n) is 4.55. The smallest absolute Gasteiger partial charge is 0.422 e. The highest BCUT2D eigenvalue weighted by Crippen LogP contribution is 2.27. The summed E-state index contributed by atoms with van der Waals surface area (Å²) in [4.78, 5) is 41.2. The van der Waals surface area contributed by atoms with Gasteiger partial charge in [0.1, 0.15) is 17.5 Å². The summed E-state index contributed by atoms with van der Waals surface area (Å²) < 4.78 is 55.4. The van der Waals surface area contributed by atoms with Gasteiger partial charge in [-0.3, -0.25) is 9.79 Å². The number of carboxylic acid groups (broad SMARTS) is 1. The summed E-state index contributed by atoms with van der Waals surface area (Å²) in [6.07, 6.45) is -1.11. The first-order valence-corrected chi connectivity index (χ1v) is 15.5. The van der Waals surface area contributed by atoms with Gasteiger partial charge in [0.15, 0.2) is 12.6 Å². The van der Waals surface area contributed by atoms with Gasteiger partial charge in [-0.1, -0.05) is 12.1 Å². The Labute approximate surface area is 279 Å². The second-order valence-corrected chi connectivity index (χ2v) is 10.9. The summed E-state index contributed by atoms with van der Waals surface area (Å²) in [6, 6.07) is 9.90. The number of ether oxygens (including phenoxy) is 3. The number of benzene rings is 2. The molecule has 0 fully saturated rings. The van der Waals surface area contributed by atoms with E-state index in [2.05, 4.69) is 35.9 Å². The van der Waals surface area contributed by atoms with Crippen molar-refractivity contribution in [3.63, 3.8) is 0 Å². The number of alkyl halides is 3. The number of carbonyl (C=O) groups is 2. The Kier molecular flexibility index (Phi) is 13.0. The van der Waals surface area contributed by atoms with E-state index in [-0.39, 0.29) is 55.3 Å². The second kappa shape index (κ2) is 17.6. The number of nitrogens with one attached hydrogen (secondary N) is 3. The number of aliphatic carboxylic acids is 1. The van der Waals surface area contributed by atoms with E-state index in [4.69, 9.17) is 25.7 Å². The third-order valence-corrected chi connectivity index (χ3v) is 6.95. The molecule has 6 bridgehead atoms. The number of rotatable bonds is 9. The normalized spacial score (nSPS) is 14.3. The number of aromatic nitrogens is 3. The molecular weight excluding hydrogens is 651 g/mol. The molecule has 5 rings (SSSR count). The summed E-state index contributed by atoms with van der Waals surface area (Å²) in [5, 5.41) is 18.1. The molecule has 1 aromatic heterocycles. The van der Waals surface area contributed by atoms with E-state index in [1.807, 2.05) is 24.3 Å². The second-order valence-electron chi connectivity index (χ2n) is 10.9. The van der Waals surface area contributed by atoms with Crippen molar-refractivity contribution in [1.29, 1.82) is 0 Å². The number of fused-ring (bicyclic) bond motifs is 10. The van der Waals surface area contributed by atoms with Crippen LogP contribution in [0.25, 0.3) is 0 Å². The molecule has 2 aliphatic rings. The van der Waals surface area contributed by atoms with Gasteiger partial charge in [-0.15, -0.1) is 0 Å². The van der Waals surface area contributed by atoms with E-state index in [1.165, 1.54) is 18.2 Å². The first kappa shape index (κ1) is 36.3. The summed E-state index contributed by atoms with van der Waals surface area (Å²) in [7, 11) is 0. The van der Waals surface area contributed by atoms with Crippen LogP contribution in [0.5, 0.6) is 17.5 Å². The van der Waals surface area contributed by atoms with Gasteiger partial charge in [0.2, 0.25) is 11.9 Å². The summed E-state index contributed by atoms with van der Waals surface area (Å²) in [5.41, 5.74) is 11.8. The number of hydrogen-bond donors (Lipinski definition) is 6. The van der Waals surface area contributed by atoms with Gasteiger partial charge >= 0.3 is 18.2 Å². The van der Waals surface area contributed by atoms with Crippen LogP contribution in [-0.2, 0) is 11.3 Å². The molecule has 2 aromatic carbocycles. The number of hydrogen-bond acceptors (Lipinski definition) is 11. The van der Waals surface area contributed by atoms with Gasteiger partial charge in [-0.25, -0.2) is 4.79 Å². The predicted molar refractivity (Wildman–Crippen MR) is 173 cm³/mol. The number of nitrogens with two attached hydrogens (primary N) is 2. The molecule has 49 heavy (non-hydrogen) atoms. The van der Waals surface area contributed by atoms with E-state index in [9.17, 15) is 27.9 Å². The predicted octanol–water partition coefficient (Wildman–Crippen LogP) is 3.74. The van der Waals surface area contributed by atoms with Crippen molar-refractivity contribution in [2.24, 2.45) is 16.5 Å². The highest BCUT2D eigenvalue weighted by atomic mass is 19.4. The molecule has 1 atom stereocenters. The number of aliphatic imine (C=N–C) groups is 1. The van der Waals surface area contributed by atoms with E-state index in [0.29, 0.717) is 30.9 Å². The Morgan fingerprint density at radius 2 is 1.71 bits per heavy atom. The molecule has 2 aliphatic heterocycles. The van der Waals surface area contributed by atoms with E-state index in [0.717, 1.165) is 24.8 Å². The Balaban J connectivity index is 1.60. The number of carboxylic acids is 1. The molecule has 1 amide bonds. The van der Waals surface area contributed by atoms with Crippen molar-refractivity contribution in [2.45, 2.75) is 57.3 Å². The Hall–Kier alpha value is -5.55. The molecule has 3 heterocycles. The van der Waals surface area contributed by atoms with Crippen LogP contribution in [-0.4, -0.2) is 76.5 Å². The molecule has 1 unspecified atom stereocenters.